The van der Waals surface area contributed by atoms with Crippen LogP contribution < -0.4 is 0 Å². The van der Waals surface area contributed by atoms with Crippen LogP contribution in [0.4, 0.5) is 4.39 Å². The van der Waals surface area contributed by atoms with Gasteiger partial charge in [0, 0.05) is 24.5 Å². The molecule has 1 aromatic rings. The third-order valence-corrected chi connectivity index (χ3v) is 4.08. The molecule has 0 aromatic heterocycles. The van der Waals surface area contributed by atoms with Crippen LogP contribution in [-0.2, 0) is 0 Å². The predicted molar refractivity (Wildman–Crippen MR) is 73.4 cm³/mol. The molecule has 1 aliphatic heterocycles. The second-order valence-corrected chi connectivity index (χ2v) is 5.74. The molecule has 0 spiro atoms. The summed E-state index contributed by atoms with van der Waals surface area (Å²) in [5.74, 6) is 0.741. The number of benzene rings is 1. The Bertz CT molecular complexity index is 455. The standard InChI is InChI=1S/C13H14BrClFNO/c14-11-7-10(1-2-12(11)16)13(18)17-6-4-9(8-17)3-5-15/h1-2,7,9H,3-6,8H2. The average Bonchev–Trinajstić information content (AvgIpc) is 2.81. The number of carbonyl (C=O) groups is 1. The fraction of sp³-hybridized carbons (Fsp3) is 0.462. The van der Waals surface area contributed by atoms with E-state index in [2.05, 4.69) is 15.9 Å². The second kappa shape index (κ2) is 6.02. The Morgan fingerprint density at radius 3 is 3.00 bits per heavy atom. The second-order valence-electron chi connectivity index (χ2n) is 4.51. The van der Waals surface area contributed by atoms with Gasteiger partial charge < -0.3 is 4.90 Å². The lowest BCUT2D eigenvalue weighted by Gasteiger charge is -2.16. The number of hydrogen-bond acceptors (Lipinski definition) is 1. The summed E-state index contributed by atoms with van der Waals surface area (Å²) in [5.41, 5.74) is 0.523. The number of likely N-dealkylation sites (tertiary alicyclic amines) is 1. The molecule has 1 amide bonds. The quantitative estimate of drug-likeness (QED) is 0.772. The number of alkyl halides is 1. The minimum Gasteiger partial charge on any atom is -0.338 e. The molecule has 18 heavy (non-hydrogen) atoms. The van der Waals surface area contributed by atoms with Crippen molar-refractivity contribution in [1.82, 2.24) is 4.90 Å². The fourth-order valence-corrected chi connectivity index (χ4v) is 2.91. The van der Waals surface area contributed by atoms with Gasteiger partial charge >= 0.3 is 0 Å². The molecule has 1 fully saturated rings. The molecule has 0 radical (unpaired) electrons. The van der Waals surface area contributed by atoms with Crippen molar-refractivity contribution >= 4 is 33.4 Å². The summed E-state index contributed by atoms with van der Waals surface area (Å²) < 4.78 is 13.4. The highest BCUT2D eigenvalue weighted by molar-refractivity contribution is 9.10. The van der Waals surface area contributed by atoms with E-state index in [0.717, 1.165) is 25.9 Å². The zero-order chi connectivity index (χ0) is 13.1. The molecule has 0 bridgehead atoms. The molecule has 1 aromatic carbocycles. The predicted octanol–water partition coefficient (Wildman–Crippen LogP) is 3.68. The van der Waals surface area contributed by atoms with Crippen LogP contribution in [0.2, 0.25) is 0 Å². The highest BCUT2D eigenvalue weighted by atomic mass is 79.9. The monoisotopic (exact) mass is 333 g/mol. The molecule has 1 atom stereocenters. The van der Waals surface area contributed by atoms with Gasteiger partial charge in [-0.05, 0) is 52.9 Å². The van der Waals surface area contributed by atoms with Crippen LogP contribution in [0.3, 0.4) is 0 Å². The Kier molecular flexibility index (Phi) is 4.62. The third-order valence-electron chi connectivity index (χ3n) is 3.26. The van der Waals surface area contributed by atoms with Gasteiger partial charge in [-0.2, -0.15) is 0 Å². The number of nitrogens with zero attached hydrogens (tertiary/aromatic N) is 1. The summed E-state index contributed by atoms with van der Waals surface area (Å²) in [6, 6.07) is 4.37. The van der Waals surface area contributed by atoms with Crippen molar-refractivity contribution in [2.24, 2.45) is 5.92 Å². The first kappa shape index (κ1) is 13.8. The van der Waals surface area contributed by atoms with Gasteiger partial charge in [0.1, 0.15) is 5.82 Å². The van der Waals surface area contributed by atoms with Crippen molar-refractivity contribution in [1.29, 1.82) is 0 Å². The van der Waals surface area contributed by atoms with Crippen LogP contribution in [0.15, 0.2) is 22.7 Å². The van der Waals surface area contributed by atoms with Gasteiger partial charge in [0.2, 0.25) is 0 Å². The minimum atomic E-state index is -0.354. The molecule has 1 unspecified atom stereocenters. The molecule has 1 heterocycles. The van der Waals surface area contributed by atoms with E-state index < -0.39 is 0 Å². The van der Waals surface area contributed by atoms with E-state index in [9.17, 15) is 9.18 Å². The Hall–Kier alpha value is -0.610. The average molecular weight is 335 g/mol. The molecule has 1 saturated heterocycles. The van der Waals surface area contributed by atoms with Gasteiger partial charge in [-0.15, -0.1) is 11.6 Å². The van der Waals surface area contributed by atoms with Crippen molar-refractivity contribution < 1.29 is 9.18 Å². The first-order chi connectivity index (χ1) is 8.61. The van der Waals surface area contributed by atoms with Crippen LogP contribution in [-0.4, -0.2) is 29.8 Å². The van der Waals surface area contributed by atoms with E-state index in [0.29, 0.717) is 21.8 Å². The maximum atomic E-state index is 13.1. The first-order valence-electron chi connectivity index (χ1n) is 5.92. The van der Waals surface area contributed by atoms with Crippen molar-refractivity contribution in [3.8, 4) is 0 Å². The molecule has 1 aliphatic rings. The Morgan fingerprint density at radius 1 is 1.56 bits per heavy atom. The van der Waals surface area contributed by atoms with Crippen molar-refractivity contribution in [2.45, 2.75) is 12.8 Å². The summed E-state index contributed by atoms with van der Waals surface area (Å²) in [7, 11) is 0. The SMILES string of the molecule is O=C(c1ccc(F)c(Br)c1)N1CCC(CCCl)C1. The molecule has 0 N–H and O–H groups in total. The van der Waals surface area contributed by atoms with Gasteiger partial charge in [-0.1, -0.05) is 0 Å². The van der Waals surface area contributed by atoms with Crippen molar-refractivity contribution in [2.75, 3.05) is 19.0 Å². The zero-order valence-electron chi connectivity index (χ0n) is 9.83. The minimum absolute atomic E-state index is 0.0345. The lowest BCUT2D eigenvalue weighted by molar-refractivity contribution is 0.0787. The topological polar surface area (TPSA) is 20.3 Å². The van der Waals surface area contributed by atoms with E-state index in [-0.39, 0.29) is 11.7 Å². The molecule has 0 saturated carbocycles. The molecule has 0 aliphatic carbocycles. The lowest BCUT2D eigenvalue weighted by Crippen LogP contribution is -2.28. The molecule has 5 heteroatoms. The van der Waals surface area contributed by atoms with Crippen LogP contribution in [0.1, 0.15) is 23.2 Å². The summed E-state index contributed by atoms with van der Waals surface area (Å²) in [4.78, 5) is 14.0. The van der Waals surface area contributed by atoms with E-state index in [1.165, 1.54) is 18.2 Å². The Morgan fingerprint density at radius 2 is 2.33 bits per heavy atom. The van der Waals surface area contributed by atoms with Gasteiger partial charge in [0.05, 0.1) is 4.47 Å². The summed E-state index contributed by atoms with van der Waals surface area (Å²) in [6.07, 6.45) is 1.94. The van der Waals surface area contributed by atoms with Crippen molar-refractivity contribution in [3.05, 3.63) is 34.1 Å². The van der Waals surface area contributed by atoms with E-state index in [1.807, 2.05) is 4.90 Å². The van der Waals surface area contributed by atoms with Gasteiger partial charge in [0.25, 0.3) is 5.91 Å². The van der Waals surface area contributed by atoms with Crippen LogP contribution in [0, 0.1) is 11.7 Å². The van der Waals surface area contributed by atoms with Crippen LogP contribution in [0.5, 0.6) is 0 Å². The van der Waals surface area contributed by atoms with Gasteiger partial charge in [0.15, 0.2) is 0 Å². The van der Waals surface area contributed by atoms with Crippen LogP contribution in [0.25, 0.3) is 0 Å². The highest BCUT2D eigenvalue weighted by Gasteiger charge is 2.26. The third kappa shape index (κ3) is 3.04. The largest absolute Gasteiger partial charge is 0.338 e. The highest BCUT2D eigenvalue weighted by Crippen LogP contribution is 2.23. The number of rotatable bonds is 3. The number of carbonyl (C=O) groups excluding carboxylic acids is 1. The number of hydrogen-bond donors (Lipinski definition) is 0. The maximum absolute atomic E-state index is 13.1. The molecule has 2 rings (SSSR count). The molecule has 2 nitrogen and oxygen atoms in total. The van der Waals surface area contributed by atoms with Gasteiger partial charge in [-0.3, -0.25) is 4.79 Å². The van der Waals surface area contributed by atoms with E-state index >= 15 is 0 Å². The molecular weight excluding hydrogens is 321 g/mol. The summed E-state index contributed by atoms with van der Waals surface area (Å²) >= 11 is 8.81. The first-order valence-corrected chi connectivity index (χ1v) is 7.25. The van der Waals surface area contributed by atoms with Crippen LogP contribution >= 0.6 is 27.5 Å². The number of amides is 1. The smallest absolute Gasteiger partial charge is 0.253 e. The van der Waals surface area contributed by atoms with E-state index in [1.54, 1.807) is 0 Å². The van der Waals surface area contributed by atoms with Gasteiger partial charge in [-0.25, -0.2) is 4.39 Å². The number of halogens is 3. The van der Waals surface area contributed by atoms with Crippen molar-refractivity contribution in [3.63, 3.8) is 0 Å². The normalized spacial score (nSPS) is 19.3. The lowest BCUT2D eigenvalue weighted by atomic mass is 10.1. The van der Waals surface area contributed by atoms with E-state index in [4.69, 9.17) is 11.6 Å². The Labute approximate surface area is 119 Å². The zero-order valence-corrected chi connectivity index (χ0v) is 12.2. The summed E-state index contributed by atoms with van der Waals surface area (Å²) in [5, 5.41) is 0. The maximum Gasteiger partial charge on any atom is 0.253 e. The Balaban J connectivity index is 2.05. The molecule has 98 valence electrons. The molecular formula is C13H14BrClFNO. The fourth-order valence-electron chi connectivity index (χ4n) is 2.22. The summed E-state index contributed by atoms with van der Waals surface area (Å²) in [6.45, 7) is 1.51.